The lowest BCUT2D eigenvalue weighted by molar-refractivity contribution is 1.06. The predicted molar refractivity (Wildman–Crippen MR) is 40.7 cm³/mol. The van der Waals surface area contributed by atoms with Crippen molar-refractivity contribution in [1.29, 1.82) is 0 Å². The maximum absolute atomic E-state index is 3.55. The Morgan fingerprint density at radius 3 is 1.43 bits per heavy atom. The molecule has 0 aliphatic carbocycles. The first-order valence-electron chi connectivity index (χ1n) is 2.13. The Hall–Kier alpha value is -0.0900. The van der Waals surface area contributed by atoms with Gasteiger partial charge in [0.05, 0.1) is 0 Å². The molecule has 0 heterocycles. The summed E-state index contributed by atoms with van der Waals surface area (Å²) in [5.41, 5.74) is 0. The molecule has 0 rings (SSSR count). The Morgan fingerprint density at radius 1 is 1.00 bits per heavy atom. The SMILES string of the molecule is C=CCCC=C.P. The van der Waals surface area contributed by atoms with Gasteiger partial charge in [0.15, 0.2) is 0 Å². The van der Waals surface area contributed by atoms with Crippen molar-refractivity contribution in [3.63, 3.8) is 0 Å². The second kappa shape index (κ2) is 9.32. The zero-order valence-electron chi connectivity index (χ0n) is 4.69. The van der Waals surface area contributed by atoms with Crippen LogP contribution in [0.2, 0.25) is 0 Å². The third kappa shape index (κ3) is 10.7. The van der Waals surface area contributed by atoms with Gasteiger partial charge in [0.1, 0.15) is 0 Å². The lowest BCUT2D eigenvalue weighted by Crippen LogP contribution is -1.56. The first-order chi connectivity index (χ1) is 2.91. The molecular weight excluding hydrogens is 103 g/mol. The van der Waals surface area contributed by atoms with E-state index in [-0.39, 0.29) is 9.90 Å². The van der Waals surface area contributed by atoms with Gasteiger partial charge in [-0.15, -0.1) is 13.2 Å². The molecule has 1 atom stereocenters. The largest absolute Gasteiger partial charge is 0.153 e. The van der Waals surface area contributed by atoms with Crippen LogP contribution in [0.4, 0.5) is 0 Å². The monoisotopic (exact) mass is 116 g/mol. The van der Waals surface area contributed by atoms with Crippen LogP contribution >= 0.6 is 9.90 Å². The molecule has 7 heavy (non-hydrogen) atoms. The fourth-order valence-electron chi connectivity index (χ4n) is 0.236. The number of rotatable bonds is 3. The lowest BCUT2D eigenvalue weighted by atomic mass is 10.3. The second-order valence-corrected chi connectivity index (χ2v) is 1.15. The highest BCUT2D eigenvalue weighted by molar-refractivity contribution is 6.92. The highest BCUT2D eigenvalue weighted by atomic mass is 31.0. The topological polar surface area (TPSA) is 0 Å². The summed E-state index contributed by atoms with van der Waals surface area (Å²) < 4.78 is 0. The van der Waals surface area contributed by atoms with E-state index in [9.17, 15) is 0 Å². The van der Waals surface area contributed by atoms with Crippen LogP contribution in [0.3, 0.4) is 0 Å². The molecule has 0 aliphatic heterocycles. The van der Waals surface area contributed by atoms with E-state index in [1.54, 1.807) is 0 Å². The van der Waals surface area contributed by atoms with Crippen LogP contribution in [0.15, 0.2) is 25.3 Å². The van der Waals surface area contributed by atoms with Crippen molar-refractivity contribution in [2.45, 2.75) is 12.8 Å². The molecule has 0 amide bonds. The molecule has 0 N–H and O–H groups in total. The van der Waals surface area contributed by atoms with Gasteiger partial charge in [-0.2, -0.15) is 9.90 Å². The Kier molecular flexibility index (Phi) is 13.3. The molecule has 0 aromatic rings. The Morgan fingerprint density at radius 2 is 1.29 bits per heavy atom. The van der Waals surface area contributed by atoms with Gasteiger partial charge in [0, 0.05) is 0 Å². The molecule has 0 aromatic heterocycles. The van der Waals surface area contributed by atoms with E-state index >= 15 is 0 Å². The van der Waals surface area contributed by atoms with E-state index in [2.05, 4.69) is 13.2 Å². The molecule has 0 spiro atoms. The van der Waals surface area contributed by atoms with Crippen LogP contribution in [0, 0.1) is 0 Å². The van der Waals surface area contributed by atoms with Gasteiger partial charge in [-0.3, -0.25) is 0 Å². The van der Waals surface area contributed by atoms with Gasteiger partial charge in [0.25, 0.3) is 0 Å². The fraction of sp³-hybridized carbons (Fsp3) is 0.333. The minimum absolute atomic E-state index is 0. The molecule has 0 fully saturated rings. The maximum atomic E-state index is 3.55. The summed E-state index contributed by atoms with van der Waals surface area (Å²) in [6, 6.07) is 0. The summed E-state index contributed by atoms with van der Waals surface area (Å²) in [5.74, 6) is 0. The second-order valence-electron chi connectivity index (χ2n) is 1.15. The van der Waals surface area contributed by atoms with Crippen LogP contribution in [-0.4, -0.2) is 0 Å². The summed E-state index contributed by atoms with van der Waals surface area (Å²) in [6.45, 7) is 7.10. The average molecular weight is 116 g/mol. The minimum Gasteiger partial charge on any atom is -0.153 e. The zero-order valence-corrected chi connectivity index (χ0v) is 6.10. The van der Waals surface area contributed by atoms with Gasteiger partial charge >= 0.3 is 0 Å². The Labute approximate surface area is 48.9 Å². The van der Waals surface area contributed by atoms with Crippen molar-refractivity contribution in [1.82, 2.24) is 0 Å². The van der Waals surface area contributed by atoms with E-state index in [4.69, 9.17) is 0 Å². The first kappa shape index (κ1) is 10.0. The highest BCUT2D eigenvalue weighted by Crippen LogP contribution is 1.86. The molecule has 0 aromatic carbocycles. The molecule has 0 radical (unpaired) electrons. The summed E-state index contributed by atoms with van der Waals surface area (Å²) in [7, 11) is 0. The summed E-state index contributed by atoms with van der Waals surface area (Å²) in [4.78, 5) is 0. The Bertz CT molecular complexity index is 40.1. The smallest absolute Gasteiger partial charge is 0.0319 e. The van der Waals surface area contributed by atoms with Gasteiger partial charge < -0.3 is 0 Å². The van der Waals surface area contributed by atoms with E-state index in [0.29, 0.717) is 0 Å². The van der Waals surface area contributed by atoms with Crippen molar-refractivity contribution >= 4 is 9.90 Å². The molecule has 1 heteroatoms. The molecular formula is C6H13P. The van der Waals surface area contributed by atoms with Crippen LogP contribution < -0.4 is 0 Å². The van der Waals surface area contributed by atoms with Gasteiger partial charge in [0.2, 0.25) is 0 Å². The minimum atomic E-state index is 0. The number of allylic oxidation sites excluding steroid dienone is 2. The summed E-state index contributed by atoms with van der Waals surface area (Å²) >= 11 is 0. The normalized spacial score (nSPS) is 6.29. The molecule has 0 aliphatic rings. The Balaban J connectivity index is 0. The third-order valence-electron chi connectivity index (χ3n) is 0.575. The van der Waals surface area contributed by atoms with Gasteiger partial charge in [-0.25, -0.2) is 0 Å². The third-order valence-corrected chi connectivity index (χ3v) is 0.575. The molecule has 42 valence electrons. The molecule has 0 saturated heterocycles. The van der Waals surface area contributed by atoms with E-state index < -0.39 is 0 Å². The van der Waals surface area contributed by atoms with Crippen LogP contribution in [0.1, 0.15) is 12.8 Å². The van der Waals surface area contributed by atoms with E-state index in [1.807, 2.05) is 12.2 Å². The average Bonchev–Trinajstić information content (AvgIpc) is 1.61. The van der Waals surface area contributed by atoms with Crippen LogP contribution in [0.5, 0.6) is 0 Å². The van der Waals surface area contributed by atoms with Crippen molar-refractivity contribution in [2.75, 3.05) is 0 Å². The fourth-order valence-corrected chi connectivity index (χ4v) is 0.236. The van der Waals surface area contributed by atoms with Crippen molar-refractivity contribution in [3.8, 4) is 0 Å². The summed E-state index contributed by atoms with van der Waals surface area (Å²) in [5, 5.41) is 0. The van der Waals surface area contributed by atoms with E-state index in [0.717, 1.165) is 12.8 Å². The highest BCUT2D eigenvalue weighted by Gasteiger charge is 1.66. The van der Waals surface area contributed by atoms with Gasteiger partial charge in [-0.05, 0) is 12.8 Å². The standard InChI is InChI=1S/C6H10.H3P/c1-3-5-6-4-2;/h3-4H,1-2,5-6H2;1H3. The summed E-state index contributed by atoms with van der Waals surface area (Å²) in [6.07, 6.45) is 5.90. The number of hydrogen-bond donors (Lipinski definition) is 0. The van der Waals surface area contributed by atoms with E-state index in [1.165, 1.54) is 0 Å². The van der Waals surface area contributed by atoms with Crippen molar-refractivity contribution in [2.24, 2.45) is 0 Å². The quantitative estimate of drug-likeness (QED) is 0.301. The molecule has 1 unspecified atom stereocenters. The number of hydrogen-bond acceptors (Lipinski definition) is 0. The van der Waals surface area contributed by atoms with Crippen molar-refractivity contribution < 1.29 is 0 Å². The first-order valence-corrected chi connectivity index (χ1v) is 2.13. The van der Waals surface area contributed by atoms with Crippen LogP contribution in [-0.2, 0) is 0 Å². The van der Waals surface area contributed by atoms with Crippen LogP contribution in [0.25, 0.3) is 0 Å². The van der Waals surface area contributed by atoms with Crippen molar-refractivity contribution in [3.05, 3.63) is 25.3 Å². The lowest BCUT2D eigenvalue weighted by Gasteiger charge is -1.76. The molecule has 0 bridgehead atoms. The van der Waals surface area contributed by atoms with Gasteiger partial charge in [-0.1, -0.05) is 12.2 Å². The number of unbranched alkanes of at least 4 members (excludes halogenated alkanes) is 1. The molecule has 0 nitrogen and oxygen atoms in total. The maximum Gasteiger partial charge on any atom is -0.0319 e. The zero-order chi connectivity index (χ0) is 4.83. The molecule has 0 saturated carbocycles. The predicted octanol–water partition coefficient (Wildman–Crippen LogP) is 2.20.